The van der Waals surface area contributed by atoms with Gasteiger partial charge >= 0.3 is 0 Å². The van der Waals surface area contributed by atoms with Crippen LogP contribution in [0.5, 0.6) is 0 Å². The van der Waals surface area contributed by atoms with Crippen molar-refractivity contribution in [3.8, 4) is 0 Å². The Morgan fingerprint density at radius 3 is 2.80 bits per heavy atom. The topological polar surface area (TPSA) is 41.6 Å². The lowest BCUT2D eigenvalue weighted by molar-refractivity contribution is 0.0941. The number of likely N-dealkylation sites (tertiary alicyclic amines) is 1. The molecule has 0 saturated carbocycles. The van der Waals surface area contributed by atoms with Crippen LogP contribution < -0.4 is 5.32 Å². The van der Waals surface area contributed by atoms with Crippen LogP contribution in [0, 0.1) is 0 Å². The predicted octanol–water partition coefficient (Wildman–Crippen LogP) is 2.05. The largest absolute Gasteiger partial charge is 0.380 e. The fourth-order valence-electron chi connectivity index (χ4n) is 2.77. The summed E-state index contributed by atoms with van der Waals surface area (Å²) in [5.41, 5.74) is 1.79. The van der Waals surface area contributed by atoms with Crippen molar-refractivity contribution in [1.82, 2.24) is 10.2 Å². The van der Waals surface area contributed by atoms with Crippen LogP contribution in [-0.2, 0) is 11.3 Å². The molecule has 1 aromatic carbocycles. The normalized spacial score (nSPS) is 19.2. The highest BCUT2D eigenvalue weighted by molar-refractivity contribution is 5.94. The van der Waals surface area contributed by atoms with Crippen LogP contribution in [0.1, 0.15) is 35.7 Å². The molecule has 2 rings (SSSR count). The Hall–Kier alpha value is -1.39. The molecule has 4 heteroatoms. The lowest BCUT2D eigenvalue weighted by atomic mass is 10.1. The highest BCUT2D eigenvalue weighted by Gasteiger charge is 2.23. The van der Waals surface area contributed by atoms with Crippen LogP contribution in [0.3, 0.4) is 0 Å². The number of hydrogen-bond donors (Lipinski definition) is 1. The van der Waals surface area contributed by atoms with Gasteiger partial charge in [-0.05, 0) is 43.6 Å². The van der Waals surface area contributed by atoms with Crippen LogP contribution in [0.2, 0.25) is 0 Å². The number of methoxy groups -OCH3 is 1. The standard InChI is InChI=1S/C16H24N2O2/c1-3-18-10-4-5-15(18)11-17-16(19)14-8-6-13(7-9-14)12-20-2/h6-9,15H,3-5,10-12H2,1-2H3,(H,17,19). The first kappa shape index (κ1) is 15.0. The van der Waals surface area contributed by atoms with Crippen molar-refractivity contribution < 1.29 is 9.53 Å². The van der Waals surface area contributed by atoms with Crippen molar-refractivity contribution in [3.05, 3.63) is 35.4 Å². The van der Waals surface area contributed by atoms with Gasteiger partial charge in [-0.3, -0.25) is 9.69 Å². The maximum Gasteiger partial charge on any atom is 0.251 e. The van der Waals surface area contributed by atoms with E-state index in [4.69, 9.17) is 4.74 Å². The number of rotatable bonds is 6. The van der Waals surface area contributed by atoms with Crippen molar-refractivity contribution in [2.75, 3.05) is 26.7 Å². The summed E-state index contributed by atoms with van der Waals surface area (Å²) in [5, 5.41) is 3.04. The molecule has 1 aliphatic rings. The molecule has 1 N–H and O–H groups in total. The van der Waals surface area contributed by atoms with E-state index < -0.39 is 0 Å². The van der Waals surface area contributed by atoms with Crippen LogP contribution in [-0.4, -0.2) is 43.6 Å². The number of ether oxygens (including phenoxy) is 1. The number of likely N-dealkylation sites (N-methyl/N-ethyl adjacent to an activating group) is 1. The van der Waals surface area contributed by atoms with E-state index in [-0.39, 0.29) is 5.91 Å². The molecule has 1 aromatic rings. The van der Waals surface area contributed by atoms with Gasteiger partial charge < -0.3 is 10.1 Å². The lowest BCUT2D eigenvalue weighted by Crippen LogP contribution is -2.40. The molecule has 110 valence electrons. The lowest BCUT2D eigenvalue weighted by Gasteiger charge is -2.22. The summed E-state index contributed by atoms with van der Waals surface area (Å²) in [6, 6.07) is 8.08. The Balaban J connectivity index is 1.85. The van der Waals surface area contributed by atoms with Gasteiger partial charge in [0.1, 0.15) is 0 Å². The molecule has 0 spiro atoms. The Morgan fingerprint density at radius 2 is 2.15 bits per heavy atom. The first-order chi connectivity index (χ1) is 9.74. The maximum atomic E-state index is 12.1. The molecule has 0 aliphatic carbocycles. The van der Waals surface area contributed by atoms with Gasteiger partial charge in [0.2, 0.25) is 0 Å². The molecule has 1 unspecified atom stereocenters. The third-order valence-electron chi connectivity index (χ3n) is 3.93. The van der Waals surface area contributed by atoms with Gasteiger partial charge in [0.05, 0.1) is 6.61 Å². The molecule has 0 aromatic heterocycles. The van der Waals surface area contributed by atoms with Crippen molar-refractivity contribution in [1.29, 1.82) is 0 Å². The molecule has 1 amide bonds. The van der Waals surface area contributed by atoms with Gasteiger partial charge in [0.25, 0.3) is 5.91 Å². The first-order valence-electron chi connectivity index (χ1n) is 7.34. The Labute approximate surface area is 121 Å². The third kappa shape index (κ3) is 3.81. The monoisotopic (exact) mass is 276 g/mol. The molecule has 4 nitrogen and oxygen atoms in total. The number of benzene rings is 1. The smallest absolute Gasteiger partial charge is 0.251 e. The first-order valence-corrected chi connectivity index (χ1v) is 7.34. The summed E-state index contributed by atoms with van der Waals surface area (Å²) in [7, 11) is 1.67. The molecular weight excluding hydrogens is 252 g/mol. The van der Waals surface area contributed by atoms with Crippen LogP contribution in [0.25, 0.3) is 0 Å². The SMILES string of the molecule is CCN1CCCC1CNC(=O)c1ccc(COC)cc1. The number of nitrogens with one attached hydrogen (secondary N) is 1. The molecule has 1 heterocycles. The van der Waals surface area contributed by atoms with E-state index in [1.54, 1.807) is 7.11 Å². The van der Waals surface area contributed by atoms with E-state index in [1.165, 1.54) is 12.8 Å². The average molecular weight is 276 g/mol. The molecule has 0 radical (unpaired) electrons. The number of hydrogen-bond acceptors (Lipinski definition) is 3. The summed E-state index contributed by atoms with van der Waals surface area (Å²) >= 11 is 0. The number of carbonyl (C=O) groups is 1. The Morgan fingerprint density at radius 1 is 1.40 bits per heavy atom. The highest BCUT2D eigenvalue weighted by atomic mass is 16.5. The number of amides is 1. The zero-order valence-corrected chi connectivity index (χ0v) is 12.4. The zero-order chi connectivity index (χ0) is 14.4. The molecule has 1 aliphatic heterocycles. The van der Waals surface area contributed by atoms with Crippen LogP contribution >= 0.6 is 0 Å². The van der Waals surface area contributed by atoms with E-state index in [0.29, 0.717) is 18.2 Å². The fourth-order valence-corrected chi connectivity index (χ4v) is 2.77. The summed E-state index contributed by atoms with van der Waals surface area (Å²) in [4.78, 5) is 14.5. The summed E-state index contributed by atoms with van der Waals surface area (Å²) in [6.07, 6.45) is 2.42. The second kappa shape index (κ2) is 7.41. The van der Waals surface area contributed by atoms with E-state index in [1.807, 2.05) is 24.3 Å². The van der Waals surface area contributed by atoms with Gasteiger partial charge in [-0.25, -0.2) is 0 Å². The summed E-state index contributed by atoms with van der Waals surface area (Å²) in [6.45, 7) is 5.71. The molecule has 20 heavy (non-hydrogen) atoms. The molecule has 1 fully saturated rings. The zero-order valence-electron chi connectivity index (χ0n) is 12.4. The summed E-state index contributed by atoms with van der Waals surface area (Å²) in [5.74, 6) is 0.0110. The van der Waals surface area contributed by atoms with Gasteiger partial charge in [-0.15, -0.1) is 0 Å². The Kier molecular flexibility index (Phi) is 5.56. The second-order valence-electron chi connectivity index (χ2n) is 5.26. The average Bonchev–Trinajstić information content (AvgIpc) is 2.93. The van der Waals surface area contributed by atoms with Gasteiger partial charge in [-0.1, -0.05) is 19.1 Å². The molecule has 0 bridgehead atoms. The minimum atomic E-state index is 0.0110. The number of nitrogens with zero attached hydrogens (tertiary/aromatic N) is 1. The van der Waals surface area contributed by atoms with Gasteiger partial charge in [0.15, 0.2) is 0 Å². The van der Waals surface area contributed by atoms with Crippen molar-refractivity contribution >= 4 is 5.91 Å². The summed E-state index contributed by atoms with van der Waals surface area (Å²) < 4.78 is 5.06. The maximum absolute atomic E-state index is 12.1. The van der Waals surface area contributed by atoms with E-state index in [2.05, 4.69) is 17.1 Å². The van der Waals surface area contributed by atoms with E-state index in [9.17, 15) is 4.79 Å². The van der Waals surface area contributed by atoms with Gasteiger partial charge in [0, 0.05) is 25.3 Å². The van der Waals surface area contributed by atoms with Crippen LogP contribution in [0.15, 0.2) is 24.3 Å². The fraction of sp³-hybridized carbons (Fsp3) is 0.562. The Bertz CT molecular complexity index is 431. The number of carbonyl (C=O) groups excluding carboxylic acids is 1. The predicted molar refractivity (Wildman–Crippen MR) is 79.8 cm³/mol. The minimum absolute atomic E-state index is 0.0110. The minimum Gasteiger partial charge on any atom is -0.380 e. The van der Waals surface area contributed by atoms with Crippen LogP contribution in [0.4, 0.5) is 0 Å². The van der Waals surface area contributed by atoms with Crippen molar-refractivity contribution in [3.63, 3.8) is 0 Å². The molecule has 1 atom stereocenters. The quantitative estimate of drug-likeness (QED) is 0.864. The molecular formula is C16H24N2O2. The highest BCUT2D eigenvalue weighted by Crippen LogP contribution is 2.15. The third-order valence-corrected chi connectivity index (χ3v) is 3.93. The second-order valence-corrected chi connectivity index (χ2v) is 5.26. The van der Waals surface area contributed by atoms with Crippen molar-refractivity contribution in [2.45, 2.75) is 32.4 Å². The van der Waals surface area contributed by atoms with Crippen molar-refractivity contribution in [2.24, 2.45) is 0 Å². The van der Waals surface area contributed by atoms with E-state index in [0.717, 1.165) is 25.2 Å². The molecule has 1 saturated heterocycles. The van der Waals surface area contributed by atoms with E-state index >= 15 is 0 Å². The van der Waals surface area contributed by atoms with Gasteiger partial charge in [-0.2, -0.15) is 0 Å².